The summed E-state index contributed by atoms with van der Waals surface area (Å²) in [5, 5.41) is 9.76. The average Bonchev–Trinajstić information content (AvgIpc) is 2.73. The highest BCUT2D eigenvalue weighted by Gasteiger charge is 2.23. The first-order chi connectivity index (χ1) is 14.1. The van der Waals surface area contributed by atoms with Gasteiger partial charge >= 0.3 is 0 Å². The van der Waals surface area contributed by atoms with Crippen LogP contribution in [0.2, 0.25) is 0 Å². The number of hydrogen-bond acceptors (Lipinski definition) is 6. The minimum atomic E-state index is -2.52. The Balaban J connectivity index is 2.19. The molecule has 0 spiro atoms. The lowest BCUT2D eigenvalue weighted by Gasteiger charge is -2.25. The van der Waals surface area contributed by atoms with E-state index >= 15 is 0 Å². The molecule has 3 aromatic carbocycles. The van der Waals surface area contributed by atoms with Crippen molar-refractivity contribution in [3.8, 4) is 11.5 Å². The number of aliphatic hydroxyl groups is 1. The molecule has 3 aromatic rings. The zero-order valence-corrected chi connectivity index (χ0v) is 17.1. The topological polar surface area (TPSA) is 105 Å². The Labute approximate surface area is 176 Å². The maximum absolute atomic E-state index is 12.3. The standard InChI is InChI=1S/C21H22ClNO5S/c22-8-10-28-19-13-15(27-11-9-24)12-18(20(19)23)21(29(25)26)17-7-3-5-14-4-1-2-6-16(14)17/h1-7,12-13,21,24H,8-11,23H2,(H,25,26)/p-1. The Morgan fingerprint density at radius 2 is 1.83 bits per heavy atom. The van der Waals surface area contributed by atoms with Gasteiger partial charge in [0.25, 0.3) is 0 Å². The molecule has 0 saturated heterocycles. The minimum absolute atomic E-state index is 0.0533. The SMILES string of the molecule is Nc1c(OCCCl)cc(OCCO)cc1C(c1cccc2ccccc12)S(=O)[O-]. The molecule has 0 aliphatic rings. The molecule has 154 valence electrons. The highest BCUT2D eigenvalue weighted by atomic mass is 35.5. The Morgan fingerprint density at radius 3 is 2.55 bits per heavy atom. The number of benzene rings is 3. The summed E-state index contributed by atoms with van der Waals surface area (Å²) in [6.07, 6.45) is 0. The monoisotopic (exact) mass is 434 g/mol. The van der Waals surface area contributed by atoms with E-state index in [1.165, 1.54) is 0 Å². The molecule has 2 unspecified atom stereocenters. The van der Waals surface area contributed by atoms with Crippen LogP contribution in [-0.4, -0.2) is 39.6 Å². The first-order valence-electron chi connectivity index (χ1n) is 8.98. The van der Waals surface area contributed by atoms with Crippen LogP contribution in [0.3, 0.4) is 0 Å². The Bertz CT molecular complexity index is 1010. The molecule has 0 fully saturated rings. The largest absolute Gasteiger partial charge is 0.772 e. The molecule has 8 heteroatoms. The number of ether oxygens (including phenoxy) is 2. The van der Waals surface area contributed by atoms with Gasteiger partial charge in [-0.25, -0.2) is 0 Å². The molecule has 0 bridgehead atoms. The first-order valence-corrected chi connectivity index (χ1v) is 10.7. The molecule has 3 N–H and O–H groups in total. The lowest BCUT2D eigenvalue weighted by molar-refractivity contribution is 0.200. The highest BCUT2D eigenvalue weighted by Crippen LogP contribution is 2.41. The quantitative estimate of drug-likeness (QED) is 0.304. The number of nitrogens with two attached hydrogens (primary N) is 1. The third-order valence-corrected chi connectivity index (χ3v) is 5.47. The number of halogens is 1. The summed E-state index contributed by atoms with van der Waals surface area (Å²) >= 11 is 3.20. The van der Waals surface area contributed by atoms with Crippen molar-refractivity contribution in [1.82, 2.24) is 0 Å². The van der Waals surface area contributed by atoms with Crippen LogP contribution < -0.4 is 15.2 Å². The van der Waals surface area contributed by atoms with Gasteiger partial charge in [-0.15, -0.1) is 11.6 Å². The molecule has 3 rings (SSSR count). The predicted octanol–water partition coefficient (Wildman–Crippen LogP) is 3.38. The number of nitrogen functional groups attached to an aromatic ring is 1. The van der Waals surface area contributed by atoms with Crippen LogP contribution in [0.25, 0.3) is 10.8 Å². The number of alkyl halides is 1. The molecule has 0 aliphatic heterocycles. The summed E-state index contributed by atoms with van der Waals surface area (Å²) in [5.74, 6) is 0.881. The summed E-state index contributed by atoms with van der Waals surface area (Å²) in [6.45, 7) is 0.0730. The fourth-order valence-electron chi connectivity index (χ4n) is 3.21. The van der Waals surface area contributed by atoms with Crippen molar-refractivity contribution in [2.45, 2.75) is 5.25 Å². The maximum Gasteiger partial charge on any atom is 0.146 e. The summed E-state index contributed by atoms with van der Waals surface area (Å²) in [4.78, 5) is 0. The predicted molar refractivity (Wildman–Crippen MR) is 114 cm³/mol. The molecule has 6 nitrogen and oxygen atoms in total. The normalized spacial score (nSPS) is 13.2. The van der Waals surface area contributed by atoms with Gasteiger partial charge in [0.15, 0.2) is 0 Å². The van der Waals surface area contributed by atoms with Crippen molar-refractivity contribution in [1.29, 1.82) is 0 Å². The van der Waals surface area contributed by atoms with Gasteiger partial charge < -0.3 is 24.9 Å². The van der Waals surface area contributed by atoms with Gasteiger partial charge in [0.05, 0.1) is 23.4 Å². The molecule has 0 radical (unpaired) electrons. The van der Waals surface area contributed by atoms with E-state index in [0.717, 1.165) is 10.8 Å². The lowest BCUT2D eigenvalue weighted by Crippen LogP contribution is -2.13. The smallest absolute Gasteiger partial charge is 0.146 e. The zero-order chi connectivity index (χ0) is 20.8. The summed E-state index contributed by atoms with van der Waals surface area (Å²) in [7, 11) is 0. The van der Waals surface area contributed by atoms with Gasteiger partial charge in [-0.1, -0.05) is 42.5 Å². The molecule has 0 heterocycles. The van der Waals surface area contributed by atoms with Crippen LogP contribution in [0.1, 0.15) is 16.4 Å². The highest BCUT2D eigenvalue weighted by molar-refractivity contribution is 7.79. The molecule has 0 amide bonds. The van der Waals surface area contributed by atoms with E-state index in [1.54, 1.807) is 18.2 Å². The van der Waals surface area contributed by atoms with Crippen LogP contribution in [0, 0.1) is 0 Å². The van der Waals surface area contributed by atoms with E-state index < -0.39 is 16.3 Å². The summed E-state index contributed by atoms with van der Waals surface area (Å²) < 4.78 is 35.8. The van der Waals surface area contributed by atoms with Crippen molar-refractivity contribution in [3.05, 3.63) is 65.7 Å². The van der Waals surface area contributed by atoms with E-state index in [9.17, 15) is 8.76 Å². The Hall–Kier alpha value is -2.32. The Kier molecular flexibility index (Phi) is 7.33. The number of fused-ring (bicyclic) bond motifs is 1. The second-order valence-corrected chi connectivity index (χ2v) is 7.61. The number of anilines is 1. The fraction of sp³-hybridized carbons (Fsp3) is 0.238. The van der Waals surface area contributed by atoms with Crippen molar-refractivity contribution < 1.29 is 23.3 Å². The first kappa shape index (κ1) is 21.4. The number of hydrogen-bond donors (Lipinski definition) is 2. The van der Waals surface area contributed by atoms with Crippen molar-refractivity contribution in [3.63, 3.8) is 0 Å². The molecule has 0 aliphatic carbocycles. The second-order valence-electron chi connectivity index (χ2n) is 6.24. The van der Waals surface area contributed by atoms with Crippen LogP contribution in [-0.2, 0) is 11.1 Å². The maximum atomic E-state index is 12.3. The summed E-state index contributed by atoms with van der Waals surface area (Å²) in [5.41, 5.74) is 7.44. The fourth-order valence-corrected chi connectivity index (χ4v) is 4.10. The molecular weight excluding hydrogens is 414 g/mol. The third kappa shape index (κ3) is 4.82. The van der Waals surface area contributed by atoms with E-state index in [-0.39, 0.29) is 37.1 Å². The molecule has 0 saturated carbocycles. The van der Waals surface area contributed by atoms with Crippen LogP contribution in [0.4, 0.5) is 5.69 Å². The van der Waals surface area contributed by atoms with Crippen LogP contribution >= 0.6 is 11.6 Å². The van der Waals surface area contributed by atoms with Crippen LogP contribution in [0.15, 0.2) is 54.6 Å². The van der Waals surface area contributed by atoms with Crippen molar-refractivity contribution >= 4 is 39.1 Å². The number of rotatable bonds is 9. The van der Waals surface area contributed by atoms with Crippen molar-refractivity contribution in [2.24, 2.45) is 0 Å². The van der Waals surface area contributed by atoms with E-state index in [0.29, 0.717) is 16.9 Å². The molecule has 2 atom stereocenters. The van der Waals surface area contributed by atoms with E-state index in [1.807, 2.05) is 36.4 Å². The second kappa shape index (κ2) is 9.93. The van der Waals surface area contributed by atoms with Gasteiger partial charge in [-0.05, 0) is 33.5 Å². The number of aliphatic hydroxyl groups excluding tert-OH is 1. The van der Waals surface area contributed by atoms with Gasteiger partial charge in [0.1, 0.15) is 24.7 Å². The van der Waals surface area contributed by atoms with E-state index in [4.69, 9.17) is 31.9 Å². The van der Waals surface area contributed by atoms with Gasteiger partial charge in [-0.3, -0.25) is 4.21 Å². The zero-order valence-electron chi connectivity index (χ0n) is 15.5. The van der Waals surface area contributed by atoms with Gasteiger partial charge in [-0.2, -0.15) is 0 Å². The minimum Gasteiger partial charge on any atom is -0.772 e. The third-order valence-electron chi connectivity index (χ3n) is 4.42. The molecule has 29 heavy (non-hydrogen) atoms. The van der Waals surface area contributed by atoms with Crippen LogP contribution in [0.5, 0.6) is 11.5 Å². The van der Waals surface area contributed by atoms with Gasteiger partial charge in [0.2, 0.25) is 0 Å². The average molecular weight is 435 g/mol. The summed E-state index contributed by atoms with van der Waals surface area (Å²) in [6, 6.07) is 16.2. The lowest BCUT2D eigenvalue weighted by atomic mass is 9.96. The Morgan fingerprint density at radius 1 is 1.07 bits per heavy atom. The van der Waals surface area contributed by atoms with Crippen molar-refractivity contribution in [2.75, 3.05) is 31.4 Å². The molecule has 0 aromatic heterocycles. The van der Waals surface area contributed by atoms with Gasteiger partial charge in [0, 0.05) is 11.6 Å². The van der Waals surface area contributed by atoms with E-state index in [2.05, 4.69) is 0 Å². The molecular formula is C21H21ClNO5S-.